The summed E-state index contributed by atoms with van der Waals surface area (Å²) in [5.41, 5.74) is 1.86. The topological polar surface area (TPSA) is 50.7 Å². The first-order chi connectivity index (χ1) is 12.5. The third kappa shape index (κ3) is 5.76. The first-order valence-electron chi connectivity index (χ1n) is 8.25. The highest BCUT2D eigenvalue weighted by Crippen LogP contribution is 2.34. The average molecular weight is 463 g/mol. The Morgan fingerprint density at radius 1 is 1.15 bits per heavy atom. The molecule has 0 saturated heterocycles. The Labute approximate surface area is 172 Å². The third-order valence-corrected chi connectivity index (χ3v) is 5.35. The maximum absolute atomic E-state index is 9.30. The molecule has 0 aliphatic carbocycles. The molecule has 0 bridgehead atoms. The van der Waals surface area contributed by atoms with Crippen molar-refractivity contribution >= 4 is 39.1 Å². The van der Waals surface area contributed by atoms with Crippen molar-refractivity contribution in [2.24, 2.45) is 0 Å². The van der Waals surface area contributed by atoms with Gasteiger partial charge in [-0.05, 0) is 36.2 Å². The van der Waals surface area contributed by atoms with Crippen LogP contribution in [0.4, 0.5) is 0 Å². The summed E-state index contributed by atoms with van der Waals surface area (Å²) in [5, 5.41) is 13.8. The van der Waals surface area contributed by atoms with Crippen LogP contribution in [0.5, 0.6) is 11.5 Å². The van der Waals surface area contributed by atoms with Gasteiger partial charge in [-0.3, -0.25) is 0 Å². The van der Waals surface area contributed by atoms with Gasteiger partial charge >= 0.3 is 0 Å². The summed E-state index contributed by atoms with van der Waals surface area (Å²) >= 11 is 15.7. The van der Waals surface area contributed by atoms with E-state index in [0.717, 1.165) is 22.0 Å². The number of ether oxygens (including phenoxy) is 2. The van der Waals surface area contributed by atoms with Gasteiger partial charge in [0, 0.05) is 32.7 Å². The van der Waals surface area contributed by atoms with Gasteiger partial charge in [0.25, 0.3) is 0 Å². The number of hydrogen-bond donors (Lipinski definition) is 2. The van der Waals surface area contributed by atoms with Crippen LogP contribution in [-0.4, -0.2) is 24.9 Å². The van der Waals surface area contributed by atoms with Crippen molar-refractivity contribution in [2.75, 3.05) is 13.7 Å². The molecule has 0 amide bonds. The average Bonchev–Trinajstić information content (AvgIpc) is 2.63. The quantitative estimate of drug-likeness (QED) is 0.537. The van der Waals surface area contributed by atoms with E-state index in [9.17, 15) is 5.11 Å². The Hall–Kier alpha value is -0.980. The van der Waals surface area contributed by atoms with E-state index in [4.69, 9.17) is 32.7 Å². The number of nitrogens with one attached hydrogen (secondary N) is 1. The molecule has 2 aromatic carbocycles. The minimum absolute atomic E-state index is 0.0656. The predicted octanol–water partition coefficient (Wildman–Crippen LogP) is 5.20. The lowest BCUT2D eigenvalue weighted by Crippen LogP contribution is -2.31. The molecule has 1 unspecified atom stereocenters. The van der Waals surface area contributed by atoms with Gasteiger partial charge in [-0.15, -0.1) is 0 Å². The highest BCUT2D eigenvalue weighted by Gasteiger charge is 2.13. The fourth-order valence-corrected chi connectivity index (χ4v) is 3.30. The summed E-state index contributed by atoms with van der Waals surface area (Å²) in [6.07, 6.45) is 0.855. The van der Waals surface area contributed by atoms with Gasteiger partial charge < -0.3 is 19.9 Å². The van der Waals surface area contributed by atoms with E-state index in [1.807, 2.05) is 25.1 Å². The van der Waals surface area contributed by atoms with E-state index in [1.54, 1.807) is 19.2 Å². The standard InChI is InChI=1S/C19H22BrCl2NO3/c1-3-15(10-24)23-9-13-6-18(25-2)19(8-16(13)20)26-11-12-4-5-14(21)7-17(12)22/h4-8,15,23-24H,3,9-11H2,1-2H3. The fraction of sp³-hybridized carbons (Fsp3) is 0.368. The van der Waals surface area contributed by atoms with Crippen molar-refractivity contribution in [1.29, 1.82) is 0 Å². The van der Waals surface area contributed by atoms with Crippen molar-refractivity contribution in [3.63, 3.8) is 0 Å². The monoisotopic (exact) mass is 461 g/mol. The molecular formula is C19H22BrCl2NO3. The Bertz CT molecular complexity index is 739. The number of hydrogen-bond acceptors (Lipinski definition) is 4. The lowest BCUT2D eigenvalue weighted by atomic mass is 10.1. The van der Waals surface area contributed by atoms with Crippen LogP contribution in [-0.2, 0) is 13.2 Å². The minimum Gasteiger partial charge on any atom is -0.493 e. The molecule has 0 fully saturated rings. The minimum atomic E-state index is 0.0656. The normalized spacial score (nSPS) is 12.1. The van der Waals surface area contributed by atoms with Gasteiger partial charge in [-0.2, -0.15) is 0 Å². The molecule has 0 spiro atoms. The van der Waals surface area contributed by atoms with Crippen molar-refractivity contribution < 1.29 is 14.6 Å². The molecule has 4 nitrogen and oxygen atoms in total. The fourth-order valence-electron chi connectivity index (χ4n) is 2.37. The molecule has 2 aromatic rings. The van der Waals surface area contributed by atoms with Crippen molar-refractivity contribution in [3.8, 4) is 11.5 Å². The number of rotatable bonds is 9. The number of aliphatic hydroxyl groups is 1. The van der Waals surface area contributed by atoms with E-state index < -0.39 is 0 Å². The zero-order chi connectivity index (χ0) is 19.1. The van der Waals surface area contributed by atoms with Crippen molar-refractivity contribution in [2.45, 2.75) is 32.5 Å². The van der Waals surface area contributed by atoms with Crippen LogP contribution in [0.25, 0.3) is 0 Å². The zero-order valence-corrected chi connectivity index (χ0v) is 17.8. The van der Waals surface area contributed by atoms with Crippen LogP contribution in [0.1, 0.15) is 24.5 Å². The summed E-state index contributed by atoms with van der Waals surface area (Å²) in [6, 6.07) is 9.16. The molecule has 0 aliphatic heterocycles. The van der Waals surface area contributed by atoms with Gasteiger partial charge in [0.2, 0.25) is 0 Å². The Morgan fingerprint density at radius 3 is 2.54 bits per heavy atom. The second kappa shape index (κ2) is 10.4. The summed E-state index contributed by atoms with van der Waals surface area (Å²) in [4.78, 5) is 0. The van der Waals surface area contributed by atoms with Crippen molar-refractivity contribution in [1.82, 2.24) is 5.32 Å². The molecule has 2 rings (SSSR count). The second-order valence-corrected chi connectivity index (χ2v) is 7.49. The van der Waals surface area contributed by atoms with Crippen LogP contribution >= 0.6 is 39.1 Å². The van der Waals surface area contributed by atoms with Gasteiger partial charge in [-0.1, -0.05) is 52.1 Å². The predicted molar refractivity (Wildman–Crippen MR) is 109 cm³/mol. The lowest BCUT2D eigenvalue weighted by Gasteiger charge is -2.17. The Kier molecular flexibility index (Phi) is 8.51. The second-order valence-electron chi connectivity index (χ2n) is 5.79. The van der Waals surface area contributed by atoms with Crippen molar-refractivity contribution in [3.05, 3.63) is 56.0 Å². The van der Waals surface area contributed by atoms with E-state index in [0.29, 0.717) is 34.7 Å². The SMILES string of the molecule is CCC(CO)NCc1cc(OC)c(OCc2ccc(Cl)cc2Cl)cc1Br. The summed E-state index contributed by atoms with van der Waals surface area (Å²) in [6.45, 7) is 3.05. The maximum Gasteiger partial charge on any atom is 0.162 e. The van der Waals surface area contributed by atoms with Gasteiger partial charge in [0.15, 0.2) is 11.5 Å². The van der Waals surface area contributed by atoms with Crippen LogP contribution in [0.2, 0.25) is 10.0 Å². The molecule has 142 valence electrons. The van der Waals surface area contributed by atoms with Crippen LogP contribution < -0.4 is 14.8 Å². The Morgan fingerprint density at radius 2 is 1.92 bits per heavy atom. The lowest BCUT2D eigenvalue weighted by molar-refractivity contribution is 0.238. The number of halogens is 3. The van der Waals surface area contributed by atoms with Gasteiger partial charge in [0.1, 0.15) is 6.61 Å². The van der Waals surface area contributed by atoms with Gasteiger partial charge in [-0.25, -0.2) is 0 Å². The molecule has 26 heavy (non-hydrogen) atoms. The van der Waals surface area contributed by atoms with Gasteiger partial charge in [0.05, 0.1) is 13.7 Å². The molecule has 1 atom stereocenters. The molecule has 0 saturated carbocycles. The molecule has 2 N–H and O–H groups in total. The molecule has 0 heterocycles. The molecule has 0 aromatic heterocycles. The van der Waals surface area contributed by atoms with E-state index in [-0.39, 0.29) is 12.6 Å². The largest absolute Gasteiger partial charge is 0.493 e. The number of aliphatic hydroxyl groups excluding tert-OH is 1. The zero-order valence-electron chi connectivity index (χ0n) is 14.7. The highest BCUT2D eigenvalue weighted by atomic mass is 79.9. The van der Waals surface area contributed by atoms with E-state index in [2.05, 4.69) is 21.2 Å². The first-order valence-corrected chi connectivity index (χ1v) is 9.80. The maximum atomic E-state index is 9.30. The van der Waals surface area contributed by atoms with Crippen LogP contribution in [0.15, 0.2) is 34.8 Å². The number of methoxy groups -OCH3 is 1. The smallest absolute Gasteiger partial charge is 0.162 e. The third-order valence-electron chi connectivity index (χ3n) is 4.03. The van der Waals surface area contributed by atoms with Crippen LogP contribution in [0.3, 0.4) is 0 Å². The molecule has 0 aliphatic rings. The summed E-state index contributed by atoms with van der Waals surface area (Å²) in [7, 11) is 1.60. The highest BCUT2D eigenvalue weighted by molar-refractivity contribution is 9.10. The van der Waals surface area contributed by atoms with Crippen LogP contribution in [0, 0.1) is 0 Å². The van der Waals surface area contributed by atoms with E-state index in [1.165, 1.54) is 0 Å². The first kappa shape index (κ1) is 21.3. The summed E-state index contributed by atoms with van der Waals surface area (Å²) < 4.78 is 12.3. The van der Waals surface area contributed by atoms with E-state index >= 15 is 0 Å². The summed E-state index contributed by atoms with van der Waals surface area (Å²) in [5.74, 6) is 1.25. The molecule has 7 heteroatoms. The number of benzene rings is 2. The molecular weight excluding hydrogens is 441 g/mol. The Balaban J connectivity index is 2.12. The molecule has 0 radical (unpaired) electrons.